The molecule has 0 aliphatic carbocycles. The minimum Gasteiger partial charge on any atom is -0.480 e. The molecule has 0 N–H and O–H groups in total. The number of alkyl halides is 3. The Hall–Kier alpha value is -2.92. The lowest BCUT2D eigenvalue weighted by atomic mass is 9.96. The second kappa shape index (κ2) is 7.48. The predicted octanol–water partition coefficient (Wildman–Crippen LogP) is 1.35. The average Bonchev–Trinajstić information content (AvgIpc) is 3.17. The van der Waals surface area contributed by atoms with Gasteiger partial charge in [-0.3, -0.25) is 4.79 Å². The van der Waals surface area contributed by atoms with Crippen LogP contribution in [0.25, 0.3) is 0 Å². The molecule has 2 aromatic heterocycles. The van der Waals surface area contributed by atoms with E-state index < -0.39 is 12.0 Å². The van der Waals surface area contributed by atoms with E-state index in [0.717, 1.165) is 24.0 Å². The molecule has 12 heteroatoms. The Bertz CT molecular complexity index is 884. The Morgan fingerprint density at radius 2 is 1.97 bits per heavy atom. The lowest BCUT2D eigenvalue weighted by molar-refractivity contribution is -0.148. The molecule has 4 heterocycles. The van der Waals surface area contributed by atoms with Crippen molar-refractivity contribution in [2.45, 2.75) is 32.1 Å². The Kier molecular flexibility index (Phi) is 5.01. The molecule has 2 aromatic rings. The Morgan fingerprint density at radius 1 is 1.14 bits per heavy atom. The smallest absolute Gasteiger partial charge is 0.451 e. The van der Waals surface area contributed by atoms with Gasteiger partial charge in [-0.2, -0.15) is 13.2 Å². The van der Waals surface area contributed by atoms with E-state index in [1.165, 1.54) is 7.11 Å². The Labute approximate surface area is 164 Å². The zero-order valence-electron chi connectivity index (χ0n) is 15.8. The number of piperidine rings is 1. The van der Waals surface area contributed by atoms with Crippen molar-refractivity contribution in [1.82, 2.24) is 29.9 Å². The summed E-state index contributed by atoms with van der Waals surface area (Å²) in [6.07, 6.45) is -3.02. The SMILES string of the molecule is COc1ccc(N2CCC[C@H](C(=O)N3CCn4c(nnc4C(F)(F)F)C3)C2)nn1. The molecule has 0 spiro atoms. The number of carbonyl (C=O) groups is 1. The molecule has 29 heavy (non-hydrogen) atoms. The summed E-state index contributed by atoms with van der Waals surface area (Å²) in [5, 5.41) is 15.0. The van der Waals surface area contributed by atoms with Gasteiger partial charge >= 0.3 is 6.18 Å². The minimum absolute atomic E-state index is 0.0285. The van der Waals surface area contributed by atoms with E-state index in [4.69, 9.17) is 4.74 Å². The van der Waals surface area contributed by atoms with Crippen molar-refractivity contribution in [3.63, 3.8) is 0 Å². The van der Waals surface area contributed by atoms with E-state index in [-0.39, 0.29) is 37.3 Å². The van der Waals surface area contributed by atoms with E-state index in [0.29, 0.717) is 18.2 Å². The van der Waals surface area contributed by atoms with Crippen molar-refractivity contribution in [3.05, 3.63) is 23.8 Å². The van der Waals surface area contributed by atoms with Gasteiger partial charge in [0, 0.05) is 32.2 Å². The van der Waals surface area contributed by atoms with Crippen LogP contribution < -0.4 is 9.64 Å². The second-order valence-electron chi connectivity index (χ2n) is 7.07. The first kappa shape index (κ1) is 19.4. The number of nitrogens with zero attached hydrogens (tertiary/aromatic N) is 7. The number of fused-ring (bicyclic) bond motifs is 1. The molecular formula is C17H20F3N7O2. The van der Waals surface area contributed by atoms with Crippen LogP contribution >= 0.6 is 0 Å². The van der Waals surface area contributed by atoms with Gasteiger partial charge in [-0.15, -0.1) is 20.4 Å². The highest BCUT2D eigenvalue weighted by Gasteiger charge is 2.40. The van der Waals surface area contributed by atoms with Gasteiger partial charge in [0.25, 0.3) is 0 Å². The second-order valence-corrected chi connectivity index (χ2v) is 7.07. The maximum absolute atomic E-state index is 13.0. The molecular weight excluding hydrogens is 391 g/mol. The topological polar surface area (TPSA) is 89.3 Å². The summed E-state index contributed by atoms with van der Waals surface area (Å²) in [5.74, 6) is -0.124. The summed E-state index contributed by atoms with van der Waals surface area (Å²) in [4.78, 5) is 16.6. The summed E-state index contributed by atoms with van der Waals surface area (Å²) in [6, 6.07) is 3.50. The van der Waals surface area contributed by atoms with Crippen molar-refractivity contribution in [3.8, 4) is 5.88 Å². The van der Waals surface area contributed by atoms with Crippen molar-refractivity contribution in [1.29, 1.82) is 0 Å². The summed E-state index contributed by atoms with van der Waals surface area (Å²) in [6.45, 7) is 1.50. The van der Waals surface area contributed by atoms with E-state index >= 15 is 0 Å². The number of halogens is 3. The molecule has 0 radical (unpaired) electrons. The fraction of sp³-hybridized carbons (Fsp3) is 0.588. The Morgan fingerprint density at radius 3 is 2.66 bits per heavy atom. The van der Waals surface area contributed by atoms with Gasteiger partial charge in [-0.1, -0.05) is 0 Å². The first-order valence-electron chi connectivity index (χ1n) is 9.27. The number of hydrogen-bond acceptors (Lipinski definition) is 7. The third-order valence-electron chi connectivity index (χ3n) is 5.25. The van der Waals surface area contributed by atoms with Crippen molar-refractivity contribution >= 4 is 11.7 Å². The van der Waals surface area contributed by atoms with Crippen LogP contribution in [0.3, 0.4) is 0 Å². The van der Waals surface area contributed by atoms with Gasteiger partial charge in [0.15, 0.2) is 11.6 Å². The van der Waals surface area contributed by atoms with Crippen LogP contribution in [0.1, 0.15) is 24.5 Å². The maximum atomic E-state index is 13.0. The Balaban J connectivity index is 1.43. The van der Waals surface area contributed by atoms with Crippen LogP contribution in [0.2, 0.25) is 0 Å². The number of anilines is 1. The molecule has 1 amide bonds. The number of aromatic nitrogens is 5. The average molecular weight is 411 g/mol. The third kappa shape index (κ3) is 3.83. The molecule has 0 unspecified atom stereocenters. The minimum atomic E-state index is -4.55. The highest BCUT2D eigenvalue weighted by atomic mass is 19.4. The highest BCUT2D eigenvalue weighted by Crippen LogP contribution is 2.30. The van der Waals surface area contributed by atoms with Crippen molar-refractivity contribution in [2.75, 3.05) is 31.6 Å². The van der Waals surface area contributed by atoms with Gasteiger partial charge in [-0.25, -0.2) is 0 Å². The van der Waals surface area contributed by atoms with Crippen molar-refractivity contribution in [2.24, 2.45) is 5.92 Å². The molecule has 0 saturated carbocycles. The maximum Gasteiger partial charge on any atom is 0.451 e. The fourth-order valence-electron chi connectivity index (χ4n) is 3.79. The molecule has 4 rings (SSSR count). The lowest BCUT2D eigenvalue weighted by Gasteiger charge is -2.36. The highest BCUT2D eigenvalue weighted by molar-refractivity contribution is 5.79. The van der Waals surface area contributed by atoms with Gasteiger partial charge < -0.3 is 19.1 Å². The van der Waals surface area contributed by atoms with E-state index in [9.17, 15) is 18.0 Å². The molecule has 156 valence electrons. The summed E-state index contributed by atoms with van der Waals surface area (Å²) in [7, 11) is 1.51. The lowest BCUT2D eigenvalue weighted by Crippen LogP contribution is -2.47. The molecule has 2 aliphatic heterocycles. The van der Waals surface area contributed by atoms with Crippen LogP contribution in [0.5, 0.6) is 5.88 Å². The van der Waals surface area contributed by atoms with Gasteiger partial charge in [-0.05, 0) is 18.9 Å². The first-order chi connectivity index (χ1) is 13.9. The van der Waals surface area contributed by atoms with Crippen LogP contribution in [-0.2, 0) is 24.1 Å². The number of rotatable bonds is 3. The quantitative estimate of drug-likeness (QED) is 0.753. The first-order valence-corrected chi connectivity index (χ1v) is 9.27. The van der Waals surface area contributed by atoms with Gasteiger partial charge in [0.05, 0.1) is 19.6 Å². The molecule has 1 fully saturated rings. The van der Waals surface area contributed by atoms with E-state index in [1.54, 1.807) is 17.0 Å². The monoisotopic (exact) mass is 411 g/mol. The van der Waals surface area contributed by atoms with Crippen molar-refractivity contribution < 1.29 is 22.7 Å². The normalized spacial score (nSPS) is 19.8. The van der Waals surface area contributed by atoms with Crippen LogP contribution in [-0.4, -0.2) is 62.5 Å². The van der Waals surface area contributed by atoms with E-state index in [1.807, 2.05) is 4.90 Å². The standard InChI is InChI=1S/C17H20F3N7O2/c1-29-14-5-4-12(21-23-14)25-6-2-3-11(9-25)15(28)26-7-8-27-13(10-26)22-24-16(27)17(18,19)20/h4-5,11H,2-3,6-10H2,1H3/t11-/m0/s1. The molecule has 1 atom stereocenters. The number of hydrogen-bond donors (Lipinski definition) is 0. The zero-order chi connectivity index (χ0) is 20.6. The number of carbonyl (C=O) groups excluding carboxylic acids is 1. The van der Waals surface area contributed by atoms with Crippen LogP contribution in [0.4, 0.5) is 19.0 Å². The molecule has 9 nitrogen and oxygen atoms in total. The summed E-state index contributed by atoms with van der Waals surface area (Å²) < 4.78 is 45.0. The zero-order valence-corrected chi connectivity index (χ0v) is 15.8. The molecule has 1 saturated heterocycles. The predicted molar refractivity (Wildman–Crippen MR) is 94.0 cm³/mol. The van der Waals surface area contributed by atoms with Gasteiger partial charge in [0.2, 0.25) is 17.6 Å². The summed E-state index contributed by atoms with van der Waals surface area (Å²) >= 11 is 0. The molecule has 0 bridgehead atoms. The van der Waals surface area contributed by atoms with E-state index in [2.05, 4.69) is 20.4 Å². The number of methoxy groups -OCH3 is 1. The molecule has 0 aromatic carbocycles. The number of amides is 1. The van der Waals surface area contributed by atoms with Crippen LogP contribution in [0, 0.1) is 5.92 Å². The van der Waals surface area contributed by atoms with Crippen LogP contribution in [0.15, 0.2) is 12.1 Å². The van der Waals surface area contributed by atoms with Gasteiger partial charge in [0.1, 0.15) is 0 Å². The third-order valence-corrected chi connectivity index (χ3v) is 5.25. The fourth-order valence-corrected chi connectivity index (χ4v) is 3.79. The largest absolute Gasteiger partial charge is 0.480 e. The molecule has 2 aliphatic rings. The number of ether oxygens (including phenoxy) is 1. The summed E-state index contributed by atoms with van der Waals surface area (Å²) in [5.41, 5.74) is 0.